The Bertz CT molecular complexity index is 491. The van der Waals surface area contributed by atoms with Crippen molar-refractivity contribution in [1.82, 2.24) is 9.55 Å². The third-order valence-corrected chi connectivity index (χ3v) is 2.83. The van der Waals surface area contributed by atoms with Crippen LogP contribution in [0.5, 0.6) is 0 Å². The Labute approximate surface area is 111 Å². The standard InChI is InChI=1S/C11H12Cl2N2.ClH/c1-7(2)15-10-4-3-8(13)5-9(10)14-11(15)6-12;/h3-5,7H,6H2,1-2H3;1H. The summed E-state index contributed by atoms with van der Waals surface area (Å²) < 4.78 is 2.14. The lowest BCUT2D eigenvalue weighted by molar-refractivity contribution is 0.597. The van der Waals surface area contributed by atoms with Crippen molar-refractivity contribution >= 4 is 46.6 Å². The van der Waals surface area contributed by atoms with E-state index in [0.29, 0.717) is 16.9 Å². The molecule has 88 valence electrons. The van der Waals surface area contributed by atoms with Crippen molar-refractivity contribution < 1.29 is 0 Å². The lowest BCUT2D eigenvalue weighted by atomic mass is 10.3. The molecule has 0 atom stereocenters. The van der Waals surface area contributed by atoms with Gasteiger partial charge >= 0.3 is 0 Å². The van der Waals surface area contributed by atoms with E-state index >= 15 is 0 Å². The second kappa shape index (κ2) is 5.26. The maximum atomic E-state index is 5.92. The van der Waals surface area contributed by atoms with Crippen molar-refractivity contribution in [2.45, 2.75) is 25.8 Å². The zero-order valence-corrected chi connectivity index (χ0v) is 11.4. The van der Waals surface area contributed by atoms with Crippen molar-refractivity contribution in [2.75, 3.05) is 0 Å². The van der Waals surface area contributed by atoms with E-state index in [1.165, 1.54) is 0 Å². The molecular weight excluding hydrogens is 266 g/mol. The van der Waals surface area contributed by atoms with Crippen LogP contribution in [0.4, 0.5) is 0 Å². The van der Waals surface area contributed by atoms with Crippen LogP contribution in [-0.4, -0.2) is 9.55 Å². The van der Waals surface area contributed by atoms with Gasteiger partial charge in [0.25, 0.3) is 0 Å². The summed E-state index contributed by atoms with van der Waals surface area (Å²) in [7, 11) is 0. The van der Waals surface area contributed by atoms with Crippen LogP contribution >= 0.6 is 35.6 Å². The summed E-state index contributed by atoms with van der Waals surface area (Å²) in [5.74, 6) is 1.31. The van der Waals surface area contributed by atoms with E-state index in [1.54, 1.807) is 0 Å². The van der Waals surface area contributed by atoms with E-state index in [4.69, 9.17) is 23.2 Å². The maximum Gasteiger partial charge on any atom is 0.125 e. The molecule has 1 aromatic heterocycles. The van der Waals surface area contributed by atoms with E-state index in [2.05, 4.69) is 23.4 Å². The van der Waals surface area contributed by atoms with Crippen LogP contribution in [0.25, 0.3) is 11.0 Å². The molecule has 0 aliphatic rings. The molecule has 0 bridgehead atoms. The maximum absolute atomic E-state index is 5.92. The molecule has 0 radical (unpaired) electrons. The largest absolute Gasteiger partial charge is 0.324 e. The first-order chi connectivity index (χ1) is 7.13. The van der Waals surface area contributed by atoms with Crippen molar-refractivity contribution in [3.8, 4) is 0 Å². The number of halogens is 3. The van der Waals surface area contributed by atoms with E-state index in [0.717, 1.165) is 16.9 Å². The molecule has 2 aromatic rings. The van der Waals surface area contributed by atoms with Gasteiger partial charge in [0.1, 0.15) is 5.82 Å². The number of alkyl halides is 1. The van der Waals surface area contributed by atoms with Gasteiger partial charge in [-0.25, -0.2) is 4.98 Å². The predicted molar refractivity (Wildman–Crippen MR) is 71.9 cm³/mol. The zero-order valence-electron chi connectivity index (χ0n) is 9.08. The van der Waals surface area contributed by atoms with E-state index in [-0.39, 0.29) is 12.4 Å². The molecule has 0 fully saturated rings. The smallest absolute Gasteiger partial charge is 0.125 e. The van der Waals surface area contributed by atoms with Crippen LogP contribution in [-0.2, 0) is 5.88 Å². The van der Waals surface area contributed by atoms with Gasteiger partial charge in [0, 0.05) is 11.1 Å². The summed E-state index contributed by atoms with van der Waals surface area (Å²) in [6.07, 6.45) is 0. The van der Waals surface area contributed by atoms with E-state index < -0.39 is 0 Å². The van der Waals surface area contributed by atoms with Crippen molar-refractivity contribution in [2.24, 2.45) is 0 Å². The average molecular weight is 280 g/mol. The third-order valence-electron chi connectivity index (χ3n) is 2.36. The summed E-state index contributed by atoms with van der Waals surface area (Å²) in [5.41, 5.74) is 2.00. The first kappa shape index (κ1) is 13.6. The predicted octanol–water partition coefficient (Wildman–Crippen LogP) is 4.43. The fourth-order valence-corrected chi connectivity index (χ4v) is 2.15. The molecule has 5 heteroatoms. The monoisotopic (exact) mass is 278 g/mol. The molecule has 1 heterocycles. The molecule has 0 N–H and O–H groups in total. The third kappa shape index (κ3) is 2.29. The van der Waals surface area contributed by atoms with Gasteiger partial charge in [-0.05, 0) is 32.0 Å². The second-order valence-electron chi connectivity index (χ2n) is 3.76. The topological polar surface area (TPSA) is 17.8 Å². The van der Waals surface area contributed by atoms with Gasteiger partial charge in [0.05, 0.1) is 16.9 Å². The molecule has 0 aliphatic carbocycles. The number of fused-ring (bicyclic) bond motifs is 1. The molecule has 1 aromatic carbocycles. The van der Waals surface area contributed by atoms with Gasteiger partial charge in [0.15, 0.2) is 0 Å². The molecule has 0 saturated heterocycles. The number of nitrogens with zero attached hydrogens (tertiary/aromatic N) is 2. The highest BCUT2D eigenvalue weighted by Crippen LogP contribution is 2.24. The van der Waals surface area contributed by atoms with Gasteiger partial charge in [-0.15, -0.1) is 24.0 Å². The Hall–Kier alpha value is -0.440. The molecular formula is C11H13Cl3N2. The van der Waals surface area contributed by atoms with Crippen LogP contribution in [0.15, 0.2) is 18.2 Å². The van der Waals surface area contributed by atoms with Gasteiger partial charge in [-0.1, -0.05) is 11.6 Å². The number of rotatable bonds is 2. The summed E-state index contributed by atoms with van der Waals surface area (Å²) in [5, 5.41) is 0.706. The quantitative estimate of drug-likeness (QED) is 0.744. The second-order valence-corrected chi connectivity index (χ2v) is 4.46. The highest BCUT2D eigenvalue weighted by atomic mass is 35.5. The molecule has 16 heavy (non-hydrogen) atoms. The number of imidazole rings is 1. The summed E-state index contributed by atoms with van der Waals surface area (Å²) in [6, 6.07) is 6.08. The first-order valence-corrected chi connectivity index (χ1v) is 5.77. The lowest BCUT2D eigenvalue weighted by Gasteiger charge is -2.11. The minimum absolute atomic E-state index is 0. The molecule has 0 saturated carbocycles. The lowest BCUT2D eigenvalue weighted by Crippen LogP contribution is -2.04. The average Bonchev–Trinajstić information content (AvgIpc) is 2.54. The summed E-state index contributed by atoms with van der Waals surface area (Å²) in [4.78, 5) is 4.46. The Balaban J connectivity index is 0.00000128. The van der Waals surface area contributed by atoms with Crippen molar-refractivity contribution in [3.63, 3.8) is 0 Å². The Morgan fingerprint density at radius 3 is 2.62 bits per heavy atom. The highest BCUT2D eigenvalue weighted by Gasteiger charge is 2.12. The fourth-order valence-electron chi connectivity index (χ4n) is 1.79. The van der Waals surface area contributed by atoms with Crippen LogP contribution < -0.4 is 0 Å². The number of hydrogen-bond acceptors (Lipinski definition) is 1. The van der Waals surface area contributed by atoms with Crippen LogP contribution in [0.1, 0.15) is 25.7 Å². The Kier molecular flexibility index (Phi) is 4.48. The normalized spacial score (nSPS) is 10.8. The van der Waals surface area contributed by atoms with Crippen LogP contribution in [0, 0.1) is 0 Å². The Morgan fingerprint density at radius 1 is 1.38 bits per heavy atom. The summed E-state index contributed by atoms with van der Waals surface area (Å²) in [6.45, 7) is 4.23. The zero-order chi connectivity index (χ0) is 11.0. The summed E-state index contributed by atoms with van der Waals surface area (Å²) >= 11 is 11.8. The number of aromatic nitrogens is 2. The van der Waals surface area contributed by atoms with Crippen LogP contribution in [0.2, 0.25) is 5.02 Å². The van der Waals surface area contributed by atoms with Crippen molar-refractivity contribution in [1.29, 1.82) is 0 Å². The molecule has 0 spiro atoms. The molecule has 2 nitrogen and oxygen atoms in total. The SMILES string of the molecule is CC(C)n1c(CCl)nc2cc(Cl)ccc21.Cl. The van der Waals surface area contributed by atoms with Gasteiger partial charge in [-0.3, -0.25) is 0 Å². The Morgan fingerprint density at radius 2 is 2.06 bits per heavy atom. The van der Waals surface area contributed by atoms with E-state index in [1.807, 2.05) is 18.2 Å². The fraction of sp³-hybridized carbons (Fsp3) is 0.364. The van der Waals surface area contributed by atoms with Gasteiger partial charge < -0.3 is 4.57 Å². The molecule has 0 amide bonds. The number of hydrogen-bond donors (Lipinski definition) is 0. The van der Waals surface area contributed by atoms with Crippen LogP contribution in [0.3, 0.4) is 0 Å². The minimum atomic E-state index is 0. The van der Waals surface area contributed by atoms with Gasteiger partial charge in [0.2, 0.25) is 0 Å². The minimum Gasteiger partial charge on any atom is -0.324 e. The first-order valence-electron chi connectivity index (χ1n) is 4.86. The molecule has 0 aliphatic heterocycles. The van der Waals surface area contributed by atoms with Crippen molar-refractivity contribution in [3.05, 3.63) is 29.0 Å². The molecule has 2 rings (SSSR count). The van der Waals surface area contributed by atoms with Gasteiger partial charge in [-0.2, -0.15) is 0 Å². The molecule has 0 unspecified atom stereocenters. The number of benzene rings is 1. The highest BCUT2D eigenvalue weighted by molar-refractivity contribution is 6.31. The van der Waals surface area contributed by atoms with E-state index in [9.17, 15) is 0 Å².